The summed E-state index contributed by atoms with van der Waals surface area (Å²) in [5, 5.41) is 17.1. The number of amides is 2. The van der Waals surface area contributed by atoms with Gasteiger partial charge in [-0.15, -0.1) is 0 Å². The molecule has 7 heteroatoms. The van der Waals surface area contributed by atoms with Crippen LogP contribution in [0.2, 0.25) is 0 Å². The first-order valence-electron chi connectivity index (χ1n) is 8.56. The zero-order valence-corrected chi connectivity index (χ0v) is 14.7. The first kappa shape index (κ1) is 19.5. The van der Waals surface area contributed by atoms with Crippen LogP contribution >= 0.6 is 0 Å². The maximum absolute atomic E-state index is 11.7. The van der Waals surface area contributed by atoms with Crippen LogP contribution in [0.25, 0.3) is 10.8 Å². The van der Waals surface area contributed by atoms with Gasteiger partial charge in [-0.05, 0) is 18.4 Å². The Morgan fingerprint density at radius 2 is 1.88 bits per heavy atom. The average molecular weight is 360 g/mol. The number of aliphatic hydroxyl groups excluding tert-OH is 1. The van der Waals surface area contributed by atoms with Crippen LogP contribution in [0, 0.1) is 0 Å². The molecule has 0 saturated heterocycles. The lowest BCUT2D eigenvalue weighted by molar-refractivity contribution is -0.121. The van der Waals surface area contributed by atoms with Crippen molar-refractivity contribution in [2.45, 2.75) is 19.4 Å². The molecule has 0 heterocycles. The summed E-state index contributed by atoms with van der Waals surface area (Å²) < 4.78 is 10.4. The van der Waals surface area contributed by atoms with Gasteiger partial charge in [0.25, 0.3) is 0 Å². The fourth-order valence-corrected chi connectivity index (χ4v) is 2.35. The SMILES string of the molecule is CCOC(=O)NCCC(=O)NCC(O)COc1cccc2ccccc12. The van der Waals surface area contributed by atoms with Gasteiger partial charge in [0.05, 0.1) is 6.61 Å². The fourth-order valence-electron chi connectivity index (χ4n) is 2.35. The number of alkyl carbamates (subject to hydrolysis) is 1. The smallest absolute Gasteiger partial charge is 0.407 e. The van der Waals surface area contributed by atoms with E-state index in [0.29, 0.717) is 5.75 Å². The molecule has 7 nitrogen and oxygen atoms in total. The van der Waals surface area contributed by atoms with Gasteiger partial charge in [-0.25, -0.2) is 4.79 Å². The Labute approximate surface area is 152 Å². The maximum atomic E-state index is 11.7. The second-order valence-corrected chi connectivity index (χ2v) is 5.64. The van der Waals surface area contributed by atoms with Gasteiger partial charge in [0.15, 0.2) is 0 Å². The van der Waals surface area contributed by atoms with Crippen molar-refractivity contribution in [1.82, 2.24) is 10.6 Å². The molecule has 0 fully saturated rings. The number of ether oxygens (including phenoxy) is 2. The molecule has 1 atom stereocenters. The second kappa shape index (κ2) is 10.2. The monoisotopic (exact) mass is 360 g/mol. The van der Waals surface area contributed by atoms with E-state index in [1.54, 1.807) is 6.92 Å². The fraction of sp³-hybridized carbons (Fsp3) is 0.368. The zero-order chi connectivity index (χ0) is 18.8. The Morgan fingerprint density at radius 1 is 1.12 bits per heavy atom. The summed E-state index contributed by atoms with van der Waals surface area (Å²) in [6.07, 6.45) is -1.28. The molecule has 0 aliphatic heterocycles. The topological polar surface area (TPSA) is 96.9 Å². The van der Waals surface area contributed by atoms with E-state index in [0.717, 1.165) is 10.8 Å². The van der Waals surface area contributed by atoms with Gasteiger partial charge in [-0.2, -0.15) is 0 Å². The summed E-state index contributed by atoms with van der Waals surface area (Å²) in [5.41, 5.74) is 0. The van der Waals surface area contributed by atoms with Crippen molar-refractivity contribution in [3.05, 3.63) is 42.5 Å². The Morgan fingerprint density at radius 3 is 2.69 bits per heavy atom. The van der Waals surface area contributed by atoms with Gasteiger partial charge in [-0.1, -0.05) is 36.4 Å². The highest BCUT2D eigenvalue weighted by atomic mass is 16.5. The Hall–Kier alpha value is -2.80. The van der Waals surface area contributed by atoms with E-state index in [2.05, 4.69) is 15.4 Å². The molecule has 2 aromatic rings. The van der Waals surface area contributed by atoms with E-state index < -0.39 is 12.2 Å². The first-order chi connectivity index (χ1) is 12.6. The second-order valence-electron chi connectivity index (χ2n) is 5.64. The van der Waals surface area contributed by atoms with Crippen LogP contribution in [0.3, 0.4) is 0 Å². The van der Waals surface area contributed by atoms with Crippen LogP contribution < -0.4 is 15.4 Å². The molecule has 26 heavy (non-hydrogen) atoms. The number of rotatable bonds is 9. The first-order valence-corrected chi connectivity index (χ1v) is 8.56. The summed E-state index contributed by atoms with van der Waals surface area (Å²) in [6, 6.07) is 13.5. The third-order valence-corrected chi connectivity index (χ3v) is 3.61. The van der Waals surface area contributed by atoms with E-state index in [-0.39, 0.29) is 38.6 Å². The Kier molecular flexibility index (Phi) is 7.70. The maximum Gasteiger partial charge on any atom is 0.407 e. The third-order valence-electron chi connectivity index (χ3n) is 3.61. The summed E-state index contributed by atoms with van der Waals surface area (Å²) in [4.78, 5) is 22.8. The summed E-state index contributed by atoms with van der Waals surface area (Å²) in [6.45, 7) is 2.29. The molecule has 1 unspecified atom stereocenters. The molecule has 0 aliphatic rings. The van der Waals surface area contributed by atoms with Crippen LogP contribution in [-0.2, 0) is 9.53 Å². The lowest BCUT2D eigenvalue weighted by Gasteiger charge is -2.14. The molecule has 3 N–H and O–H groups in total. The molecule has 0 aliphatic carbocycles. The number of hydrogen-bond acceptors (Lipinski definition) is 5. The third kappa shape index (κ3) is 6.25. The molecule has 0 radical (unpaired) electrons. The lowest BCUT2D eigenvalue weighted by Crippen LogP contribution is -2.37. The van der Waals surface area contributed by atoms with Crippen LogP contribution in [0.4, 0.5) is 4.79 Å². The zero-order valence-electron chi connectivity index (χ0n) is 14.7. The van der Waals surface area contributed by atoms with Gasteiger partial charge in [-0.3, -0.25) is 4.79 Å². The Balaban J connectivity index is 1.69. The molecule has 0 bridgehead atoms. The number of carbonyl (C=O) groups excluding carboxylic acids is 2. The van der Waals surface area contributed by atoms with E-state index in [1.165, 1.54) is 0 Å². The average Bonchev–Trinajstić information content (AvgIpc) is 2.65. The van der Waals surface area contributed by atoms with Gasteiger partial charge in [0.2, 0.25) is 5.91 Å². The number of fused-ring (bicyclic) bond motifs is 1. The van der Waals surface area contributed by atoms with Gasteiger partial charge in [0.1, 0.15) is 18.5 Å². The van der Waals surface area contributed by atoms with Crippen molar-refractivity contribution in [3.63, 3.8) is 0 Å². The molecule has 140 valence electrons. The van der Waals surface area contributed by atoms with E-state index >= 15 is 0 Å². The molecule has 2 aromatic carbocycles. The number of hydrogen-bond donors (Lipinski definition) is 3. The molecular weight excluding hydrogens is 336 g/mol. The largest absolute Gasteiger partial charge is 0.490 e. The predicted octanol–water partition coefficient (Wildman–Crippen LogP) is 1.83. The van der Waals surface area contributed by atoms with Gasteiger partial charge < -0.3 is 25.2 Å². The van der Waals surface area contributed by atoms with Crippen molar-refractivity contribution in [3.8, 4) is 5.75 Å². The van der Waals surface area contributed by atoms with Crippen LogP contribution in [0.1, 0.15) is 13.3 Å². The summed E-state index contributed by atoms with van der Waals surface area (Å²) >= 11 is 0. The number of nitrogens with one attached hydrogen (secondary N) is 2. The van der Waals surface area contributed by atoms with Crippen molar-refractivity contribution < 1.29 is 24.2 Å². The van der Waals surface area contributed by atoms with Crippen LogP contribution in [0.5, 0.6) is 5.75 Å². The highest BCUT2D eigenvalue weighted by molar-refractivity contribution is 5.88. The minimum absolute atomic E-state index is 0.0648. The number of carbonyl (C=O) groups is 2. The van der Waals surface area contributed by atoms with Crippen LogP contribution in [-0.4, -0.2) is 49.5 Å². The summed E-state index contributed by atoms with van der Waals surface area (Å²) in [5.74, 6) is 0.415. The van der Waals surface area contributed by atoms with Gasteiger partial charge in [0, 0.05) is 24.9 Å². The van der Waals surface area contributed by atoms with Gasteiger partial charge >= 0.3 is 6.09 Å². The standard InChI is InChI=1S/C19H24N2O5/c1-2-25-19(24)20-11-10-18(23)21-12-15(22)13-26-17-9-5-7-14-6-3-4-8-16(14)17/h3-9,15,22H,2,10-13H2,1H3,(H,20,24)(H,21,23). The van der Waals surface area contributed by atoms with Crippen molar-refractivity contribution in [1.29, 1.82) is 0 Å². The summed E-state index contributed by atoms with van der Waals surface area (Å²) in [7, 11) is 0. The minimum Gasteiger partial charge on any atom is -0.490 e. The molecule has 0 spiro atoms. The number of aliphatic hydroxyl groups is 1. The molecular formula is C19H24N2O5. The van der Waals surface area contributed by atoms with E-state index in [4.69, 9.17) is 4.74 Å². The highest BCUT2D eigenvalue weighted by Crippen LogP contribution is 2.25. The van der Waals surface area contributed by atoms with Crippen molar-refractivity contribution in [2.24, 2.45) is 0 Å². The Bertz CT molecular complexity index is 729. The highest BCUT2D eigenvalue weighted by Gasteiger charge is 2.10. The lowest BCUT2D eigenvalue weighted by atomic mass is 10.1. The molecule has 0 saturated carbocycles. The number of benzene rings is 2. The molecule has 2 amide bonds. The quantitative estimate of drug-likeness (QED) is 0.634. The normalized spacial score (nSPS) is 11.6. The van der Waals surface area contributed by atoms with Crippen molar-refractivity contribution in [2.75, 3.05) is 26.3 Å². The minimum atomic E-state index is -0.837. The van der Waals surface area contributed by atoms with E-state index in [1.807, 2.05) is 42.5 Å². The van der Waals surface area contributed by atoms with Crippen LogP contribution in [0.15, 0.2) is 42.5 Å². The molecule has 2 rings (SSSR count). The molecule has 0 aromatic heterocycles. The predicted molar refractivity (Wildman–Crippen MR) is 98.1 cm³/mol. The van der Waals surface area contributed by atoms with Crippen molar-refractivity contribution >= 4 is 22.8 Å². The van der Waals surface area contributed by atoms with E-state index in [9.17, 15) is 14.7 Å².